The van der Waals surface area contributed by atoms with E-state index in [4.69, 9.17) is 5.21 Å². The second-order valence-electron chi connectivity index (χ2n) is 4.89. The second kappa shape index (κ2) is 6.86. The third-order valence-electron chi connectivity index (χ3n) is 3.44. The lowest BCUT2D eigenvalue weighted by Gasteiger charge is -2.24. The number of carbonyl (C=O) groups excluding carboxylic acids is 2. The highest BCUT2D eigenvalue weighted by molar-refractivity contribution is 5.94. The molecule has 0 aliphatic heterocycles. The maximum Gasteiger partial charge on any atom is 0.267 e. The molecular formula is C15H18N2O3. The van der Waals surface area contributed by atoms with E-state index in [2.05, 4.69) is 5.32 Å². The summed E-state index contributed by atoms with van der Waals surface area (Å²) < 4.78 is 0. The van der Waals surface area contributed by atoms with Crippen molar-refractivity contribution < 1.29 is 14.8 Å². The van der Waals surface area contributed by atoms with Gasteiger partial charge >= 0.3 is 0 Å². The van der Waals surface area contributed by atoms with Crippen LogP contribution in [0, 0.1) is 0 Å². The van der Waals surface area contributed by atoms with Crippen molar-refractivity contribution in [3.05, 3.63) is 47.5 Å². The molecule has 106 valence electrons. The zero-order valence-corrected chi connectivity index (χ0v) is 11.1. The summed E-state index contributed by atoms with van der Waals surface area (Å²) in [5, 5.41) is 11.5. The van der Waals surface area contributed by atoms with Crippen LogP contribution in [0.25, 0.3) is 0 Å². The summed E-state index contributed by atoms with van der Waals surface area (Å²) in [6, 6.07) is 9.26. The number of hydrogen-bond acceptors (Lipinski definition) is 3. The Morgan fingerprint density at radius 1 is 1.15 bits per heavy atom. The van der Waals surface area contributed by atoms with E-state index < -0.39 is 5.91 Å². The number of benzene rings is 1. The van der Waals surface area contributed by atoms with Crippen LogP contribution in [0.5, 0.6) is 0 Å². The minimum atomic E-state index is -0.494. The molecule has 1 aliphatic carbocycles. The maximum absolute atomic E-state index is 12.0. The van der Waals surface area contributed by atoms with E-state index in [1.807, 2.05) is 18.2 Å². The Balaban J connectivity index is 1.84. The summed E-state index contributed by atoms with van der Waals surface area (Å²) in [4.78, 5) is 23.0. The van der Waals surface area contributed by atoms with Gasteiger partial charge in [0.05, 0.1) is 0 Å². The molecule has 1 aromatic rings. The molecule has 2 rings (SSSR count). The van der Waals surface area contributed by atoms with Crippen molar-refractivity contribution in [2.75, 3.05) is 0 Å². The minimum absolute atomic E-state index is 0.0591. The third kappa shape index (κ3) is 3.93. The van der Waals surface area contributed by atoms with Gasteiger partial charge in [-0.15, -0.1) is 0 Å². The van der Waals surface area contributed by atoms with Gasteiger partial charge in [-0.05, 0) is 37.8 Å². The molecule has 0 radical (unpaired) electrons. The highest BCUT2D eigenvalue weighted by Gasteiger charge is 2.19. The SMILES string of the molecule is O=C(C=C1CCC(NC(=O)c2ccccc2)CC1)NO. The highest BCUT2D eigenvalue weighted by Crippen LogP contribution is 2.23. The monoisotopic (exact) mass is 274 g/mol. The zero-order valence-electron chi connectivity index (χ0n) is 11.1. The highest BCUT2D eigenvalue weighted by atomic mass is 16.5. The summed E-state index contributed by atoms with van der Waals surface area (Å²) in [5.41, 5.74) is 3.25. The van der Waals surface area contributed by atoms with E-state index in [-0.39, 0.29) is 11.9 Å². The molecule has 1 saturated carbocycles. The molecule has 0 unspecified atom stereocenters. The molecular weight excluding hydrogens is 256 g/mol. The van der Waals surface area contributed by atoms with Crippen molar-refractivity contribution in [2.24, 2.45) is 0 Å². The molecule has 0 bridgehead atoms. The predicted octanol–water partition coefficient (Wildman–Crippen LogP) is 1.79. The minimum Gasteiger partial charge on any atom is -0.349 e. The first kappa shape index (κ1) is 14.3. The van der Waals surface area contributed by atoms with Crippen LogP contribution in [0.1, 0.15) is 36.0 Å². The van der Waals surface area contributed by atoms with Gasteiger partial charge in [-0.3, -0.25) is 14.8 Å². The summed E-state index contributed by atoms with van der Waals surface area (Å²) in [5.74, 6) is -0.553. The molecule has 1 aromatic carbocycles. The summed E-state index contributed by atoms with van der Waals surface area (Å²) >= 11 is 0. The van der Waals surface area contributed by atoms with Gasteiger partial charge < -0.3 is 5.32 Å². The first-order valence-corrected chi connectivity index (χ1v) is 6.68. The largest absolute Gasteiger partial charge is 0.349 e. The van der Waals surface area contributed by atoms with Gasteiger partial charge in [0.25, 0.3) is 11.8 Å². The van der Waals surface area contributed by atoms with Crippen LogP contribution in [0.15, 0.2) is 42.0 Å². The molecule has 0 saturated heterocycles. The van der Waals surface area contributed by atoms with Gasteiger partial charge in [0.2, 0.25) is 0 Å². The standard InChI is InChI=1S/C15H18N2O3/c18-14(17-20)10-11-6-8-13(9-7-11)16-15(19)12-4-2-1-3-5-12/h1-5,10,13,20H,6-9H2,(H,16,19)(H,17,18). The van der Waals surface area contributed by atoms with E-state index in [9.17, 15) is 9.59 Å². The number of hydrogen-bond donors (Lipinski definition) is 3. The average Bonchev–Trinajstić information content (AvgIpc) is 2.50. The van der Waals surface area contributed by atoms with Crippen LogP contribution in [-0.2, 0) is 4.79 Å². The molecule has 3 N–H and O–H groups in total. The molecule has 5 nitrogen and oxygen atoms in total. The molecule has 0 atom stereocenters. The van der Waals surface area contributed by atoms with Crippen molar-refractivity contribution in [1.82, 2.24) is 10.8 Å². The normalized spacial score (nSPS) is 18.2. The lowest BCUT2D eigenvalue weighted by molar-refractivity contribution is -0.124. The Labute approximate surface area is 117 Å². The van der Waals surface area contributed by atoms with E-state index in [0.29, 0.717) is 5.56 Å². The van der Waals surface area contributed by atoms with Crippen molar-refractivity contribution in [2.45, 2.75) is 31.7 Å². The molecule has 0 heterocycles. The van der Waals surface area contributed by atoms with Gasteiger partial charge in [-0.1, -0.05) is 23.8 Å². The topological polar surface area (TPSA) is 78.4 Å². The number of hydroxylamine groups is 1. The maximum atomic E-state index is 12.0. The Hall–Kier alpha value is -2.14. The van der Waals surface area contributed by atoms with Crippen LogP contribution in [0.2, 0.25) is 0 Å². The van der Waals surface area contributed by atoms with E-state index in [1.165, 1.54) is 6.08 Å². The number of amides is 2. The van der Waals surface area contributed by atoms with E-state index in [0.717, 1.165) is 31.3 Å². The molecule has 5 heteroatoms. The van der Waals surface area contributed by atoms with Gasteiger partial charge in [0.1, 0.15) is 0 Å². The number of nitrogens with one attached hydrogen (secondary N) is 2. The van der Waals surface area contributed by atoms with Gasteiger partial charge in [0, 0.05) is 17.7 Å². The first-order valence-electron chi connectivity index (χ1n) is 6.68. The zero-order chi connectivity index (χ0) is 14.4. The van der Waals surface area contributed by atoms with Crippen molar-refractivity contribution in [3.8, 4) is 0 Å². The predicted molar refractivity (Wildman–Crippen MR) is 74.2 cm³/mol. The fourth-order valence-electron chi connectivity index (χ4n) is 2.35. The lowest BCUT2D eigenvalue weighted by atomic mass is 9.90. The van der Waals surface area contributed by atoms with Crippen LogP contribution >= 0.6 is 0 Å². The molecule has 20 heavy (non-hydrogen) atoms. The lowest BCUT2D eigenvalue weighted by Crippen LogP contribution is -2.36. The van der Waals surface area contributed by atoms with E-state index >= 15 is 0 Å². The third-order valence-corrected chi connectivity index (χ3v) is 3.44. The van der Waals surface area contributed by atoms with Crippen LogP contribution in [0.3, 0.4) is 0 Å². The smallest absolute Gasteiger partial charge is 0.267 e. The Kier molecular flexibility index (Phi) is 4.90. The van der Waals surface area contributed by atoms with E-state index in [1.54, 1.807) is 17.6 Å². The van der Waals surface area contributed by atoms with Gasteiger partial charge in [0.15, 0.2) is 0 Å². The van der Waals surface area contributed by atoms with Crippen LogP contribution < -0.4 is 10.8 Å². The average molecular weight is 274 g/mol. The first-order chi connectivity index (χ1) is 9.69. The molecule has 1 fully saturated rings. The fraction of sp³-hybridized carbons (Fsp3) is 0.333. The van der Waals surface area contributed by atoms with Crippen LogP contribution in [0.4, 0.5) is 0 Å². The fourth-order valence-corrected chi connectivity index (χ4v) is 2.35. The van der Waals surface area contributed by atoms with Crippen LogP contribution in [-0.4, -0.2) is 23.1 Å². The molecule has 2 amide bonds. The van der Waals surface area contributed by atoms with Gasteiger partial charge in [-0.25, -0.2) is 5.48 Å². The Morgan fingerprint density at radius 3 is 2.40 bits per heavy atom. The summed E-state index contributed by atoms with van der Waals surface area (Å²) in [7, 11) is 0. The summed E-state index contributed by atoms with van der Waals surface area (Å²) in [6.45, 7) is 0. The number of rotatable bonds is 3. The van der Waals surface area contributed by atoms with Gasteiger partial charge in [-0.2, -0.15) is 0 Å². The van der Waals surface area contributed by atoms with Crippen molar-refractivity contribution in [1.29, 1.82) is 0 Å². The Bertz CT molecular complexity index is 501. The van der Waals surface area contributed by atoms with Crippen molar-refractivity contribution in [3.63, 3.8) is 0 Å². The number of allylic oxidation sites excluding steroid dienone is 1. The molecule has 0 aromatic heterocycles. The molecule has 1 aliphatic rings. The summed E-state index contributed by atoms with van der Waals surface area (Å²) in [6.07, 6.45) is 4.56. The second-order valence-corrected chi connectivity index (χ2v) is 4.89. The Morgan fingerprint density at radius 2 is 1.80 bits per heavy atom. The molecule has 0 spiro atoms. The van der Waals surface area contributed by atoms with Crippen molar-refractivity contribution >= 4 is 11.8 Å². The number of carbonyl (C=O) groups is 2. The quantitative estimate of drug-likeness (QED) is 0.447.